The van der Waals surface area contributed by atoms with Crippen molar-refractivity contribution in [3.05, 3.63) is 58.1 Å². The predicted octanol–water partition coefficient (Wildman–Crippen LogP) is 6.07. The molecule has 0 saturated carbocycles. The monoisotopic (exact) mass is 465 g/mol. The largest absolute Gasteiger partial charge is 0.456 e. The fraction of sp³-hybridized carbons (Fsp3) is 0.263. The van der Waals surface area contributed by atoms with Crippen LogP contribution in [-0.2, 0) is 20.5 Å². The molecule has 10 heteroatoms. The van der Waals surface area contributed by atoms with Crippen molar-refractivity contribution in [3.8, 4) is 0 Å². The van der Waals surface area contributed by atoms with Crippen molar-refractivity contribution in [2.75, 3.05) is 17.7 Å². The van der Waals surface area contributed by atoms with E-state index in [4.69, 9.17) is 27.9 Å². The molecular formula is C19H16Cl2F3NO3S. The molecule has 2 aromatic carbocycles. The summed E-state index contributed by atoms with van der Waals surface area (Å²) in [6, 6.07) is 10.4. The summed E-state index contributed by atoms with van der Waals surface area (Å²) in [5.41, 5.74) is -1.65. The highest BCUT2D eigenvalue weighted by molar-refractivity contribution is 7.99. The van der Waals surface area contributed by atoms with Crippen LogP contribution in [0.1, 0.15) is 18.4 Å². The molecule has 0 fully saturated rings. The van der Waals surface area contributed by atoms with Crippen LogP contribution >= 0.6 is 35.0 Å². The Labute approximate surface area is 179 Å². The van der Waals surface area contributed by atoms with Crippen LogP contribution in [0.2, 0.25) is 10.0 Å². The standard InChI is InChI=1S/C19H16Cl2F3NO3S/c20-12-6-8-13(9-7-12)29-10-2-5-17(27)28-11-16(26)25-18-14(19(22,23)24)3-1-4-15(18)21/h1,3-4,6-9H,2,5,10-11H2,(H,25,26). The molecule has 2 rings (SSSR count). The van der Waals surface area contributed by atoms with Crippen LogP contribution in [0.25, 0.3) is 0 Å². The number of carbonyl (C=O) groups excluding carboxylic acids is 2. The molecular weight excluding hydrogens is 450 g/mol. The summed E-state index contributed by atoms with van der Waals surface area (Å²) < 4.78 is 43.8. The van der Waals surface area contributed by atoms with Crippen LogP contribution in [-0.4, -0.2) is 24.2 Å². The summed E-state index contributed by atoms with van der Waals surface area (Å²) in [5.74, 6) is -0.878. The molecule has 1 N–H and O–H groups in total. The van der Waals surface area contributed by atoms with E-state index in [1.165, 1.54) is 17.8 Å². The molecule has 4 nitrogen and oxygen atoms in total. The Hall–Kier alpha value is -1.90. The number of carbonyl (C=O) groups is 2. The minimum atomic E-state index is -4.69. The molecule has 0 unspecified atom stereocenters. The summed E-state index contributed by atoms with van der Waals surface area (Å²) in [4.78, 5) is 24.6. The second-order valence-corrected chi connectivity index (χ2v) is 7.79. The highest BCUT2D eigenvalue weighted by Gasteiger charge is 2.34. The van der Waals surface area contributed by atoms with Crippen molar-refractivity contribution in [2.24, 2.45) is 0 Å². The zero-order valence-corrected chi connectivity index (χ0v) is 17.2. The third-order valence-corrected chi connectivity index (χ3v) is 5.22. The van der Waals surface area contributed by atoms with Gasteiger partial charge in [0.1, 0.15) is 0 Å². The molecule has 0 radical (unpaired) electrons. The smallest absolute Gasteiger partial charge is 0.418 e. The van der Waals surface area contributed by atoms with E-state index in [0.29, 0.717) is 17.2 Å². The summed E-state index contributed by atoms with van der Waals surface area (Å²) in [7, 11) is 0. The average molecular weight is 466 g/mol. The van der Waals surface area contributed by atoms with Crippen LogP contribution in [0.15, 0.2) is 47.4 Å². The Morgan fingerprint density at radius 2 is 1.76 bits per heavy atom. The molecule has 0 saturated heterocycles. The number of nitrogens with one attached hydrogen (secondary N) is 1. The van der Waals surface area contributed by atoms with E-state index in [-0.39, 0.29) is 11.4 Å². The van der Waals surface area contributed by atoms with Gasteiger partial charge < -0.3 is 10.1 Å². The Kier molecular flexibility index (Phi) is 8.67. The number of halogens is 5. The summed E-state index contributed by atoms with van der Waals surface area (Å²) in [6.45, 7) is -0.703. The average Bonchev–Trinajstić information content (AvgIpc) is 2.65. The Morgan fingerprint density at radius 3 is 2.41 bits per heavy atom. The van der Waals surface area contributed by atoms with Gasteiger partial charge >= 0.3 is 12.1 Å². The van der Waals surface area contributed by atoms with Gasteiger partial charge in [0.15, 0.2) is 6.61 Å². The molecule has 0 aliphatic heterocycles. The Morgan fingerprint density at radius 1 is 1.07 bits per heavy atom. The van der Waals surface area contributed by atoms with Gasteiger partial charge in [0.2, 0.25) is 0 Å². The number of para-hydroxylation sites is 1. The van der Waals surface area contributed by atoms with Crippen molar-refractivity contribution < 1.29 is 27.5 Å². The van der Waals surface area contributed by atoms with Crippen molar-refractivity contribution >= 4 is 52.5 Å². The lowest BCUT2D eigenvalue weighted by atomic mass is 10.1. The highest BCUT2D eigenvalue weighted by Crippen LogP contribution is 2.38. The lowest BCUT2D eigenvalue weighted by Crippen LogP contribution is -2.23. The van der Waals surface area contributed by atoms with Crippen LogP contribution in [0.5, 0.6) is 0 Å². The highest BCUT2D eigenvalue weighted by atomic mass is 35.5. The molecule has 1 amide bonds. The molecule has 0 aliphatic rings. The first-order chi connectivity index (χ1) is 13.7. The van der Waals surface area contributed by atoms with E-state index < -0.39 is 35.9 Å². The Bertz CT molecular complexity index is 861. The predicted molar refractivity (Wildman–Crippen MR) is 107 cm³/mol. The lowest BCUT2D eigenvalue weighted by molar-refractivity contribution is -0.147. The maximum atomic E-state index is 13.0. The molecule has 0 bridgehead atoms. The zero-order chi connectivity index (χ0) is 21.4. The molecule has 0 atom stereocenters. The molecule has 2 aromatic rings. The van der Waals surface area contributed by atoms with Gasteiger partial charge in [-0.2, -0.15) is 13.2 Å². The molecule has 0 aromatic heterocycles. The zero-order valence-electron chi connectivity index (χ0n) is 14.9. The SMILES string of the molecule is O=C(COC(=O)CCCSc1ccc(Cl)cc1)Nc1c(Cl)cccc1C(F)(F)F. The first kappa shape index (κ1) is 23.4. The molecule has 0 heterocycles. The van der Waals surface area contributed by atoms with Crippen LogP contribution in [0.4, 0.5) is 18.9 Å². The number of esters is 1. The number of hydrogen-bond acceptors (Lipinski definition) is 4. The van der Waals surface area contributed by atoms with Gasteiger partial charge in [-0.05, 0) is 48.6 Å². The number of alkyl halides is 3. The second kappa shape index (κ2) is 10.8. The van der Waals surface area contributed by atoms with Gasteiger partial charge in [0, 0.05) is 16.3 Å². The van der Waals surface area contributed by atoms with E-state index in [0.717, 1.165) is 17.0 Å². The van der Waals surface area contributed by atoms with Gasteiger partial charge in [0.05, 0.1) is 16.3 Å². The minimum Gasteiger partial charge on any atom is -0.456 e. The normalized spacial score (nSPS) is 11.2. The maximum absolute atomic E-state index is 13.0. The maximum Gasteiger partial charge on any atom is 0.418 e. The molecule has 0 aliphatic carbocycles. The van der Waals surface area contributed by atoms with Crippen molar-refractivity contribution in [3.63, 3.8) is 0 Å². The number of hydrogen-bond donors (Lipinski definition) is 1. The number of anilines is 1. The number of amides is 1. The molecule has 29 heavy (non-hydrogen) atoms. The van der Waals surface area contributed by atoms with E-state index in [1.807, 2.05) is 12.1 Å². The van der Waals surface area contributed by atoms with Crippen molar-refractivity contribution in [2.45, 2.75) is 23.9 Å². The fourth-order valence-corrected chi connectivity index (χ4v) is 3.42. The van der Waals surface area contributed by atoms with Gasteiger partial charge in [-0.25, -0.2) is 0 Å². The van der Waals surface area contributed by atoms with Gasteiger partial charge in [-0.15, -0.1) is 11.8 Å². The number of ether oxygens (including phenoxy) is 1. The van der Waals surface area contributed by atoms with Crippen LogP contribution in [0.3, 0.4) is 0 Å². The lowest BCUT2D eigenvalue weighted by Gasteiger charge is -2.15. The fourth-order valence-electron chi connectivity index (χ4n) is 2.22. The van der Waals surface area contributed by atoms with Crippen LogP contribution in [0, 0.1) is 0 Å². The summed E-state index contributed by atoms with van der Waals surface area (Å²) in [5, 5.41) is 2.42. The number of rotatable bonds is 8. The number of benzene rings is 2. The summed E-state index contributed by atoms with van der Waals surface area (Å²) in [6.07, 6.45) is -4.10. The van der Waals surface area contributed by atoms with E-state index in [9.17, 15) is 22.8 Å². The van der Waals surface area contributed by atoms with Gasteiger partial charge in [-0.3, -0.25) is 9.59 Å². The quantitative estimate of drug-likeness (QED) is 0.292. The molecule has 156 valence electrons. The van der Waals surface area contributed by atoms with Crippen molar-refractivity contribution in [1.29, 1.82) is 0 Å². The number of thioether (sulfide) groups is 1. The van der Waals surface area contributed by atoms with Crippen molar-refractivity contribution in [1.82, 2.24) is 0 Å². The van der Waals surface area contributed by atoms with Gasteiger partial charge in [0.25, 0.3) is 5.91 Å². The summed E-state index contributed by atoms with van der Waals surface area (Å²) >= 11 is 13.1. The second-order valence-electron chi connectivity index (χ2n) is 5.77. The first-order valence-electron chi connectivity index (χ1n) is 8.36. The van der Waals surface area contributed by atoms with Crippen LogP contribution < -0.4 is 5.32 Å². The third-order valence-electron chi connectivity index (χ3n) is 3.56. The van der Waals surface area contributed by atoms with E-state index in [1.54, 1.807) is 12.1 Å². The topological polar surface area (TPSA) is 55.4 Å². The van der Waals surface area contributed by atoms with E-state index >= 15 is 0 Å². The minimum absolute atomic E-state index is 0.0771. The molecule has 0 spiro atoms. The Balaban J connectivity index is 1.75. The van der Waals surface area contributed by atoms with E-state index in [2.05, 4.69) is 5.32 Å². The third kappa shape index (κ3) is 7.79. The first-order valence-corrected chi connectivity index (χ1v) is 10.1. The van der Waals surface area contributed by atoms with Gasteiger partial charge in [-0.1, -0.05) is 29.3 Å².